The van der Waals surface area contributed by atoms with E-state index in [4.69, 9.17) is 4.98 Å². The van der Waals surface area contributed by atoms with E-state index in [0.29, 0.717) is 6.04 Å². The lowest BCUT2D eigenvalue weighted by atomic mass is 9.87. The van der Waals surface area contributed by atoms with E-state index < -0.39 is 0 Å². The number of para-hydroxylation sites is 1. The molecule has 1 aromatic heterocycles. The Bertz CT molecular complexity index is 544. The third kappa shape index (κ3) is 4.28. The number of nitrogens with one attached hydrogen (secondary N) is 1. The number of hydrogen-bond donors (Lipinski definition) is 1. The molecule has 0 amide bonds. The van der Waals surface area contributed by atoms with Gasteiger partial charge in [0.25, 0.3) is 0 Å². The molecule has 1 heterocycles. The predicted octanol–water partition coefficient (Wildman–Crippen LogP) is 4.58. The van der Waals surface area contributed by atoms with Gasteiger partial charge in [-0.15, -0.1) is 0 Å². The van der Waals surface area contributed by atoms with E-state index in [2.05, 4.69) is 62.6 Å². The Morgan fingerprint density at radius 2 is 1.71 bits per heavy atom. The summed E-state index contributed by atoms with van der Waals surface area (Å²) in [7, 11) is 2.09. The van der Waals surface area contributed by atoms with Crippen LogP contribution >= 0.6 is 0 Å². The normalized spacial score (nSPS) is 13.0. The highest BCUT2D eigenvalue weighted by molar-refractivity contribution is 5.78. The van der Waals surface area contributed by atoms with Crippen molar-refractivity contribution in [3.63, 3.8) is 0 Å². The van der Waals surface area contributed by atoms with Gasteiger partial charge in [-0.3, -0.25) is 4.98 Å². The van der Waals surface area contributed by atoms with E-state index in [9.17, 15) is 0 Å². The highest BCUT2D eigenvalue weighted by Crippen LogP contribution is 2.21. The Hall–Kier alpha value is -1.41. The van der Waals surface area contributed by atoms with E-state index in [1.807, 2.05) is 0 Å². The Morgan fingerprint density at radius 3 is 2.38 bits per heavy atom. The van der Waals surface area contributed by atoms with E-state index in [1.165, 1.54) is 36.8 Å². The zero-order chi connectivity index (χ0) is 15.1. The first-order valence-corrected chi connectivity index (χ1v) is 8.30. The summed E-state index contributed by atoms with van der Waals surface area (Å²) < 4.78 is 0. The lowest BCUT2D eigenvalue weighted by Crippen LogP contribution is -2.35. The van der Waals surface area contributed by atoms with Gasteiger partial charge in [-0.1, -0.05) is 51.0 Å². The number of aromatic nitrogens is 1. The second kappa shape index (κ2) is 8.14. The molecule has 0 saturated carbocycles. The number of pyridine rings is 1. The van der Waals surface area contributed by atoms with Crippen molar-refractivity contribution >= 4 is 10.9 Å². The van der Waals surface area contributed by atoms with Gasteiger partial charge >= 0.3 is 0 Å². The van der Waals surface area contributed by atoms with Crippen LogP contribution in [0.2, 0.25) is 0 Å². The number of hydrogen-bond acceptors (Lipinski definition) is 2. The molecule has 0 spiro atoms. The third-order valence-corrected chi connectivity index (χ3v) is 4.34. The second-order valence-electron chi connectivity index (χ2n) is 5.93. The van der Waals surface area contributed by atoms with Gasteiger partial charge in [0.05, 0.1) is 5.52 Å². The van der Waals surface area contributed by atoms with Crippen LogP contribution in [-0.4, -0.2) is 18.1 Å². The Labute approximate surface area is 129 Å². The van der Waals surface area contributed by atoms with Crippen molar-refractivity contribution in [1.82, 2.24) is 10.3 Å². The molecule has 1 atom stereocenters. The van der Waals surface area contributed by atoms with E-state index >= 15 is 0 Å². The summed E-state index contributed by atoms with van der Waals surface area (Å²) in [6.07, 6.45) is 6.13. The fraction of sp³-hybridized carbons (Fsp3) is 0.526. The van der Waals surface area contributed by atoms with Gasteiger partial charge in [0, 0.05) is 23.5 Å². The topological polar surface area (TPSA) is 24.9 Å². The van der Waals surface area contributed by atoms with Gasteiger partial charge in [0.2, 0.25) is 0 Å². The first kappa shape index (κ1) is 16.0. The second-order valence-corrected chi connectivity index (χ2v) is 5.93. The first-order valence-electron chi connectivity index (χ1n) is 8.30. The lowest BCUT2D eigenvalue weighted by molar-refractivity contribution is 0.321. The quantitative estimate of drug-likeness (QED) is 0.767. The smallest absolute Gasteiger partial charge is 0.0705 e. The van der Waals surface area contributed by atoms with E-state index in [1.54, 1.807) is 0 Å². The van der Waals surface area contributed by atoms with Crippen LogP contribution in [0.1, 0.15) is 45.2 Å². The molecule has 21 heavy (non-hydrogen) atoms. The lowest BCUT2D eigenvalue weighted by Gasteiger charge is -2.26. The van der Waals surface area contributed by atoms with Gasteiger partial charge in [0.15, 0.2) is 0 Å². The zero-order valence-electron chi connectivity index (χ0n) is 13.6. The number of likely N-dealkylation sites (N-methyl/N-ethyl adjacent to an activating group) is 1. The van der Waals surface area contributed by atoms with Crippen molar-refractivity contribution in [2.45, 2.75) is 52.0 Å². The van der Waals surface area contributed by atoms with Crippen LogP contribution in [0.4, 0.5) is 0 Å². The van der Waals surface area contributed by atoms with Crippen molar-refractivity contribution in [3.8, 4) is 0 Å². The Morgan fingerprint density at radius 1 is 1.00 bits per heavy atom. The molecule has 2 rings (SSSR count). The summed E-state index contributed by atoms with van der Waals surface area (Å²) in [5.41, 5.74) is 2.30. The van der Waals surface area contributed by atoms with Crippen molar-refractivity contribution in [3.05, 3.63) is 42.1 Å². The SMILES string of the molecule is CCCC(CCC)C(Cc1ccc2ccccc2n1)NC. The molecule has 1 N–H and O–H groups in total. The average Bonchev–Trinajstić information content (AvgIpc) is 2.52. The van der Waals surface area contributed by atoms with Gasteiger partial charge in [-0.2, -0.15) is 0 Å². The van der Waals surface area contributed by atoms with Gasteiger partial charge in [-0.05, 0) is 37.9 Å². The number of benzene rings is 1. The zero-order valence-corrected chi connectivity index (χ0v) is 13.6. The molecule has 0 aliphatic rings. The van der Waals surface area contributed by atoms with Crippen molar-refractivity contribution in [2.24, 2.45) is 5.92 Å². The highest BCUT2D eigenvalue weighted by atomic mass is 14.9. The van der Waals surface area contributed by atoms with Crippen LogP contribution in [0.5, 0.6) is 0 Å². The van der Waals surface area contributed by atoms with Crippen molar-refractivity contribution < 1.29 is 0 Å². The monoisotopic (exact) mass is 284 g/mol. The van der Waals surface area contributed by atoms with Crippen LogP contribution in [0.15, 0.2) is 36.4 Å². The number of nitrogens with zero attached hydrogens (tertiary/aromatic N) is 1. The fourth-order valence-corrected chi connectivity index (χ4v) is 3.24. The summed E-state index contributed by atoms with van der Waals surface area (Å²) in [6.45, 7) is 4.56. The molecule has 0 bridgehead atoms. The fourth-order valence-electron chi connectivity index (χ4n) is 3.24. The molecule has 2 heteroatoms. The standard InChI is InChI=1S/C19H28N2/c1-4-8-15(9-5-2)19(20-3)14-17-13-12-16-10-6-7-11-18(16)21-17/h6-7,10-13,15,19-20H,4-5,8-9,14H2,1-3H3. The Kier molecular flexibility index (Phi) is 6.19. The summed E-state index contributed by atoms with van der Waals surface area (Å²) in [5.74, 6) is 0.748. The maximum absolute atomic E-state index is 4.83. The van der Waals surface area contributed by atoms with Gasteiger partial charge in [0.1, 0.15) is 0 Å². The molecule has 1 unspecified atom stereocenters. The average molecular weight is 284 g/mol. The van der Waals surface area contributed by atoms with Gasteiger partial charge in [-0.25, -0.2) is 0 Å². The molecule has 2 nitrogen and oxygen atoms in total. The summed E-state index contributed by atoms with van der Waals surface area (Å²) in [6, 6.07) is 13.3. The van der Waals surface area contributed by atoms with Crippen molar-refractivity contribution in [2.75, 3.05) is 7.05 Å². The molecule has 0 radical (unpaired) electrons. The largest absolute Gasteiger partial charge is 0.316 e. The Balaban J connectivity index is 2.14. The highest BCUT2D eigenvalue weighted by Gasteiger charge is 2.19. The minimum Gasteiger partial charge on any atom is -0.316 e. The molecule has 114 valence electrons. The number of fused-ring (bicyclic) bond motifs is 1. The molecule has 0 saturated heterocycles. The van der Waals surface area contributed by atoms with E-state index in [0.717, 1.165) is 17.9 Å². The minimum absolute atomic E-state index is 0.526. The predicted molar refractivity (Wildman–Crippen MR) is 91.6 cm³/mol. The van der Waals surface area contributed by atoms with Crippen molar-refractivity contribution in [1.29, 1.82) is 0 Å². The molecule has 0 aliphatic heterocycles. The minimum atomic E-state index is 0.526. The molecule has 0 fully saturated rings. The molecule has 2 aromatic rings. The van der Waals surface area contributed by atoms with E-state index in [-0.39, 0.29) is 0 Å². The third-order valence-electron chi connectivity index (χ3n) is 4.34. The summed E-state index contributed by atoms with van der Waals surface area (Å²) in [5, 5.41) is 4.75. The summed E-state index contributed by atoms with van der Waals surface area (Å²) >= 11 is 0. The summed E-state index contributed by atoms with van der Waals surface area (Å²) in [4.78, 5) is 4.83. The number of rotatable bonds is 8. The van der Waals surface area contributed by atoms with Gasteiger partial charge < -0.3 is 5.32 Å². The molecule has 1 aromatic carbocycles. The maximum Gasteiger partial charge on any atom is 0.0705 e. The maximum atomic E-state index is 4.83. The van der Waals surface area contributed by atoms with Crippen LogP contribution < -0.4 is 5.32 Å². The molecular formula is C19H28N2. The first-order chi connectivity index (χ1) is 10.3. The molecular weight excluding hydrogens is 256 g/mol. The molecule has 0 aliphatic carbocycles. The van der Waals surface area contributed by atoms with Crippen LogP contribution in [0.3, 0.4) is 0 Å². The van der Waals surface area contributed by atoms with Crippen LogP contribution in [0, 0.1) is 5.92 Å². The van der Waals surface area contributed by atoms with Crippen LogP contribution in [0.25, 0.3) is 10.9 Å². The van der Waals surface area contributed by atoms with Crippen LogP contribution in [-0.2, 0) is 6.42 Å².